The Labute approximate surface area is 119 Å². The Kier molecular flexibility index (Phi) is 3.49. The van der Waals surface area contributed by atoms with Gasteiger partial charge in [-0.3, -0.25) is 0 Å². The number of nitrogens with one attached hydrogen (secondary N) is 1. The first-order valence-corrected chi connectivity index (χ1v) is 6.37. The Balaban J connectivity index is 1.90. The van der Waals surface area contributed by atoms with E-state index in [1.54, 1.807) is 30.6 Å². The van der Waals surface area contributed by atoms with E-state index in [0.29, 0.717) is 40.1 Å². The molecule has 0 atom stereocenters. The summed E-state index contributed by atoms with van der Waals surface area (Å²) in [5, 5.41) is 12.2. The maximum Gasteiger partial charge on any atom is 0.230 e. The molecule has 0 saturated heterocycles. The number of fused-ring (bicyclic) bond motifs is 1. The average molecular weight is 291 g/mol. The minimum Gasteiger partial charge on any atom is -0.436 e. The molecule has 0 radical (unpaired) electrons. The van der Waals surface area contributed by atoms with E-state index in [9.17, 15) is 0 Å². The Morgan fingerprint density at radius 2 is 2.05 bits per heavy atom. The Morgan fingerprint density at radius 1 is 1.25 bits per heavy atom. The highest BCUT2D eigenvalue weighted by molar-refractivity contribution is 6.31. The number of benzene rings is 1. The largest absolute Gasteiger partial charge is 0.436 e. The summed E-state index contributed by atoms with van der Waals surface area (Å²) in [5.41, 5.74) is 2.02. The fourth-order valence-electron chi connectivity index (χ4n) is 1.72. The van der Waals surface area contributed by atoms with Gasteiger partial charge in [-0.15, -0.1) is 0 Å². The topological polar surface area (TPSA) is 84.1 Å². The highest BCUT2D eigenvalue weighted by atomic mass is 35.5. The number of hydrogen-bond donors (Lipinski definition) is 2. The molecule has 0 aliphatic rings. The number of aromatic nitrogens is 3. The van der Waals surface area contributed by atoms with Crippen molar-refractivity contribution >= 4 is 28.6 Å². The molecule has 0 bridgehead atoms. The van der Waals surface area contributed by atoms with Crippen LogP contribution in [0.1, 0.15) is 0 Å². The summed E-state index contributed by atoms with van der Waals surface area (Å²) in [6, 6.07) is 5.26. The van der Waals surface area contributed by atoms with Gasteiger partial charge in [0, 0.05) is 24.0 Å². The first-order chi connectivity index (χ1) is 9.76. The van der Waals surface area contributed by atoms with Gasteiger partial charge in [0.25, 0.3) is 0 Å². The molecule has 3 aromatic rings. The molecule has 2 N–H and O–H groups in total. The molecular weight excluding hydrogens is 280 g/mol. The lowest BCUT2D eigenvalue weighted by molar-refractivity contribution is 0.311. The van der Waals surface area contributed by atoms with Gasteiger partial charge >= 0.3 is 0 Å². The van der Waals surface area contributed by atoms with Gasteiger partial charge in [-0.05, 0) is 18.2 Å². The molecule has 1 aromatic carbocycles. The van der Waals surface area contributed by atoms with Crippen molar-refractivity contribution in [1.29, 1.82) is 0 Å². The fourth-order valence-corrected chi connectivity index (χ4v) is 1.89. The maximum atomic E-state index is 8.71. The SMILES string of the molecule is OCCNc1ncc(-c2nc3cc(Cl)ccc3o2)cn1. The van der Waals surface area contributed by atoms with Gasteiger partial charge in [0.05, 0.1) is 12.2 Å². The zero-order valence-electron chi connectivity index (χ0n) is 10.4. The van der Waals surface area contributed by atoms with Crippen molar-refractivity contribution in [2.45, 2.75) is 0 Å². The van der Waals surface area contributed by atoms with Gasteiger partial charge in [-0.1, -0.05) is 11.6 Å². The molecule has 6 nitrogen and oxygen atoms in total. The third kappa shape index (κ3) is 2.56. The summed E-state index contributed by atoms with van der Waals surface area (Å²) in [4.78, 5) is 12.6. The van der Waals surface area contributed by atoms with Gasteiger partial charge in [0.1, 0.15) is 5.52 Å². The number of anilines is 1. The number of aliphatic hydroxyl groups is 1. The van der Waals surface area contributed by atoms with Crippen molar-refractivity contribution in [3.05, 3.63) is 35.6 Å². The highest BCUT2D eigenvalue weighted by Crippen LogP contribution is 2.25. The van der Waals surface area contributed by atoms with Gasteiger partial charge in [0.2, 0.25) is 11.8 Å². The van der Waals surface area contributed by atoms with Crippen LogP contribution in [0.15, 0.2) is 35.0 Å². The second-order valence-corrected chi connectivity index (χ2v) is 4.51. The molecule has 0 saturated carbocycles. The first kappa shape index (κ1) is 12.8. The second kappa shape index (κ2) is 5.44. The summed E-state index contributed by atoms with van der Waals surface area (Å²) >= 11 is 5.91. The van der Waals surface area contributed by atoms with Crippen molar-refractivity contribution in [3.63, 3.8) is 0 Å². The van der Waals surface area contributed by atoms with Gasteiger partial charge in [-0.2, -0.15) is 0 Å². The zero-order valence-corrected chi connectivity index (χ0v) is 11.1. The third-order valence-corrected chi connectivity index (χ3v) is 2.88. The van der Waals surface area contributed by atoms with E-state index in [-0.39, 0.29) is 6.61 Å². The molecule has 2 heterocycles. The van der Waals surface area contributed by atoms with Crippen LogP contribution in [0.25, 0.3) is 22.6 Å². The molecular formula is C13H11ClN4O2. The molecule has 7 heteroatoms. The van der Waals surface area contributed by atoms with E-state index in [2.05, 4.69) is 20.3 Å². The summed E-state index contributed by atoms with van der Waals surface area (Å²) < 4.78 is 5.62. The molecule has 3 rings (SSSR count). The Hall–Kier alpha value is -2.18. The molecule has 20 heavy (non-hydrogen) atoms. The molecule has 0 aliphatic heterocycles. The van der Waals surface area contributed by atoms with Gasteiger partial charge in [0.15, 0.2) is 5.58 Å². The molecule has 0 amide bonds. The normalized spacial score (nSPS) is 10.9. The van der Waals surface area contributed by atoms with Crippen LogP contribution in [0.4, 0.5) is 5.95 Å². The third-order valence-electron chi connectivity index (χ3n) is 2.64. The predicted molar refractivity (Wildman–Crippen MR) is 75.6 cm³/mol. The lowest BCUT2D eigenvalue weighted by Gasteiger charge is -2.01. The van der Waals surface area contributed by atoms with Crippen LogP contribution >= 0.6 is 11.6 Å². The number of hydrogen-bond acceptors (Lipinski definition) is 6. The molecule has 0 unspecified atom stereocenters. The number of aliphatic hydroxyl groups excluding tert-OH is 1. The molecule has 0 spiro atoms. The van der Waals surface area contributed by atoms with E-state index < -0.39 is 0 Å². The van der Waals surface area contributed by atoms with Crippen LogP contribution < -0.4 is 5.32 Å². The van der Waals surface area contributed by atoms with Crippen molar-refractivity contribution in [3.8, 4) is 11.5 Å². The van der Waals surface area contributed by atoms with Crippen molar-refractivity contribution in [2.24, 2.45) is 0 Å². The quantitative estimate of drug-likeness (QED) is 0.767. The van der Waals surface area contributed by atoms with Crippen LogP contribution in [0.2, 0.25) is 5.02 Å². The van der Waals surface area contributed by atoms with Gasteiger partial charge in [-0.25, -0.2) is 15.0 Å². The first-order valence-electron chi connectivity index (χ1n) is 5.99. The van der Waals surface area contributed by atoms with E-state index in [0.717, 1.165) is 0 Å². The van der Waals surface area contributed by atoms with E-state index >= 15 is 0 Å². The highest BCUT2D eigenvalue weighted by Gasteiger charge is 2.09. The molecule has 2 aromatic heterocycles. The van der Waals surface area contributed by atoms with Gasteiger partial charge < -0.3 is 14.8 Å². The van der Waals surface area contributed by atoms with Crippen molar-refractivity contribution in [1.82, 2.24) is 15.0 Å². The van der Waals surface area contributed by atoms with Crippen molar-refractivity contribution < 1.29 is 9.52 Å². The molecule has 102 valence electrons. The monoisotopic (exact) mass is 290 g/mol. The number of halogens is 1. The number of rotatable bonds is 4. The lowest BCUT2D eigenvalue weighted by Crippen LogP contribution is -2.08. The standard InChI is InChI=1S/C13H11ClN4O2/c14-9-1-2-11-10(5-9)18-12(20-11)8-6-16-13(17-7-8)15-3-4-19/h1-2,5-7,19H,3-4H2,(H,15,16,17). The summed E-state index contributed by atoms with van der Waals surface area (Å²) in [7, 11) is 0. The van der Waals surface area contributed by atoms with Crippen LogP contribution in [0.5, 0.6) is 0 Å². The predicted octanol–water partition coefficient (Wildman–Crippen LogP) is 2.34. The minimum absolute atomic E-state index is 0.0248. The number of nitrogens with zero attached hydrogens (tertiary/aromatic N) is 3. The summed E-state index contributed by atoms with van der Waals surface area (Å²) in [5.74, 6) is 0.887. The lowest BCUT2D eigenvalue weighted by atomic mass is 10.3. The smallest absolute Gasteiger partial charge is 0.230 e. The fraction of sp³-hybridized carbons (Fsp3) is 0.154. The van der Waals surface area contributed by atoms with E-state index in [1.165, 1.54) is 0 Å². The van der Waals surface area contributed by atoms with Crippen LogP contribution in [-0.4, -0.2) is 33.2 Å². The number of oxazole rings is 1. The van der Waals surface area contributed by atoms with Crippen molar-refractivity contribution in [2.75, 3.05) is 18.5 Å². The van der Waals surface area contributed by atoms with E-state index in [1.807, 2.05) is 0 Å². The second-order valence-electron chi connectivity index (χ2n) is 4.08. The summed E-state index contributed by atoms with van der Waals surface area (Å²) in [6.07, 6.45) is 3.22. The average Bonchev–Trinajstić information content (AvgIpc) is 2.88. The summed E-state index contributed by atoms with van der Waals surface area (Å²) in [6.45, 7) is 0.428. The minimum atomic E-state index is 0.0248. The maximum absolute atomic E-state index is 8.71. The zero-order chi connectivity index (χ0) is 13.9. The Morgan fingerprint density at radius 3 is 2.80 bits per heavy atom. The van der Waals surface area contributed by atoms with Crippen LogP contribution in [0.3, 0.4) is 0 Å². The van der Waals surface area contributed by atoms with Crippen LogP contribution in [0, 0.1) is 0 Å². The Bertz CT molecular complexity index is 727. The molecule has 0 fully saturated rings. The van der Waals surface area contributed by atoms with E-state index in [4.69, 9.17) is 21.1 Å². The molecule has 0 aliphatic carbocycles. The van der Waals surface area contributed by atoms with Crippen LogP contribution in [-0.2, 0) is 0 Å².